The van der Waals surface area contributed by atoms with Crippen LogP contribution in [0.3, 0.4) is 0 Å². The Labute approximate surface area is 392 Å². The van der Waals surface area contributed by atoms with Crippen molar-refractivity contribution in [2.24, 2.45) is 29.6 Å². The van der Waals surface area contributed by atoms with E-state index in [1.165, 1.54) is 19.1 Å². The van der Waals surface area contributed by atoms with E-state index in [1.807, 2.05) is 70.2 Å². The van der Waals surface area contributed by atoms with Gasteiger partial charge in [0.05, 0.1) is 36.1 Å². The van der Waals surface area contributed by atoms with Crippen molar-refractivity contribution in [2.75, 3.05) is 27.9 Å². The SMILES string of the molecule is CCC1C=C(C)CC(C)CC(OC)C2OC(O)(C(=O)C(=O)N3CCCCC3C(=O)OC(C(C)=CC3CCC(O)(CCC(O)c4ccccc4)C(OC)C3)C(C)C(O)CC1=O)C(C)CC2OC. The molecule has 1 amide bonds. The Hall–Kier alpha value is -3.34. The number of amides is 1. The quantitative estimate of drug-likeness (QED) is 0.115. The van der Waals surface area contributed by atoms with Crippen LogP contribution in [0.5, 0.6) is 0 Å². The number of rotatable bonds is 10. The zero-order chi connectivity index (χ0) is 48.5. The number of hydrogen-bond acceptors (Lipinski definition) is 13. The van der Waals surface area contributed by atoms with E-state index in [4.69, 9.17) is 23.7 Å². The van der Waals surface area contributed by atoms with Gasteiger partial charge in [-0.2, -0.15) is 0 Å². The van der Waals surface area contributed by atoms with Crippen LogP contribution < -0.4 is 0 Å². The summed E-state index contributed by atoms with van der Waals surface area (Å²) in [7, 11) is 4.62. The highest BCUT2D eigenvalue weighted by atomic mass is 16.7. The van der Waals surface area contributed by atoms with Crippen molar-refractivity contribution < 1.29 is 63.3 Å². The van der Waals surface area contributed by atoms with Gasteiger partial charge in [0.2, 0.25) is 5.79 Å². The maximum absolute atomic E-state index is 14.5. The molecule has 2 saturated heterocycles. The maximum Gasteiger partial charge on any atom is 0.329 e. The molecule has 3 aliphatic heterocycles. The monoisotopic (exact) mass is 926 g/mol. The second-order valence-electron chi connectivity index (χ2n) is 20.1. The molecule has 2 bridgehead atoms. The van der Waals surface area contributed by atoms with Crippen LogP contribution >= 0.6 is 0 Å². The lowest BCUT2D eigenvalue weighted by atomic mass is 9.73. The Balaban J connectivity index is 1.47. The van der Waals surface area contributed by atoms with Crippen molar-refractivity contribution in [1.29, 1.82) is 0 Å². The highest BCUT2D eigenvalue weighted by Crippen LogP contribution is 2.42. The summed E-state index contributed by atoms with van der Waals surface area (Å²) < 4.78 is 30.3. The van der Waals surface area contributed by atoms with Crippen LogP contribution in [0, 0.1) is 29.6 Å². The van der Waals surface area contributed by atoms with E-state index in [2.05, 4.69) is 0 Å². The Morgan fingerprint density at radius 2 is 1.62 bits per heavy atom. The van der Waals surface area contributed by atoms with E-state index in [0.29, 0.717) is 69.8 Å². The fraction of sp³-hybridized carbons (Fsp3) is 0.731. The lowest BCUT2D eigenvalue weighted by molar-refractivity contribution is -0.302. The van der Waals surface area contributed by atoms with Crippen LogP contribution in [-0.2, 0) is 42.9 Å². The molecule has 3 heterocycles. The molecule has 14 nitrogen and oxygen atoms in total. The van der Waals surface area contributed by atoms with Gasteiger partial charge in [0.15, 0.2) is 0 Å². The maximum atomic E-state index is 14.5. The molecule has 0 radical (unpaired) electrons. The molecule has 1 saturated carbocycles. The number of esters is 1. The Morgan fingerprint density at radius 1 is 0.939 bits per heavy atom. The first kappa shape index (κ1) is 53.6. The molecule has 4 aliphatic rings. The summed E-state index contributed by atoms with van der Waals surface area (Å²) in [6, 6.07) is 8.16. The van der Waals surface area contributed by atoms with Gasteiger partial charge in [0.25, 0.3) is 11.7 Å². The molecule has 1 aromatic carbocycles. The second kappa shape index (κ2) is 23.8. The molecule has 5 rings (SSSR count). The van der Waals surface area contributed by atoms with Gasteiger partial charge < -0.3 is 49.0 Å². The van der Waals surface area contributed by atoms with E-state index >= 15 is 0 Å². The van der Waals surface area contributed by atoms with E-state index in [1.54, 1.807) is 21.0 Å². The molecule has 3 fully saturated rings. The van der Waals surface area contributed by atoms with Crippen LogP contribution in [0.4, 0.5) is 0 Å². The molecular weight excluding hydrogens is 847 g/mol. The molecule has 15 unspecified atom stereocenters. The number of nitrogens with zero attached hydrogens (tertiary/aromatic N) is 1. The number of ether oxygens (including phenoxy) is 5. The van der Waals surface area contributed by atoms with Crippen LogP contribution in [-0.4, -0.2) is 131 Å². The second-order valence-corrected chi connectivity index (χ2v) is 20.1. The highest BCUT2D eigenvalue weighted by Gasteiger charge is 2.57. The number of hydrogen-bond donors (Lipinski definition) is 4. The normalized spacial score (nSPS) is 37.9. The van der Waals surface area contributed by atoms with Crippen molar-refractivity contribution in [2.45, 2.75) is 185 Å². The zero-order valence-corrected chi connectivity index (χ0v) is 40.9. The summed E-state index contributed by atoms with van der Waals surface area (Å²) in [5, 5.41) is 46.7. The minimum absolute atomic E-state index is 0.0156. The predicted octanol–water partition coefficient (Wildman–Crippen LogP) is 6.36. The van der Waals surface area contributed by atoms with Crippen molar-refractivity contribution in [3.63, 3.8) is 0 Å². The Morgan fingerprint density at radius 3 is 2.27 bits per heavy atom. The number of allylic oxidation sites excluding steroid dienone is 3. The highest BCUT2D eigenvalue weighted by molar-refractivity contribution is 6.39. The van der Waals surface area contributed by atoms with Gasteiger partial charge in [-0.1, -0.05) is 75.8 Å². The number of piperidine rings is 1. The number of Topliss-reactive ketones (excluding diaryl/α,β-unsaturated/α-hetero) is 2. The summed E-state index contributed by atoms with van der Waals surface area (Å²) in [6.45, 7) is 11.2. The minimum atomic E-state index is -2.53. The number of fused-ring (bicyclic) bond motifs is 3. The lowest BCUT2D eigenvalue weighted by Crippen LogP contribution is -2.64. The van der Waals surface area contributed by atoms with Crippen molar-refractivity contribution in [1.82, 2.24) is 4.90 Å². The molecule has 370 valence electrons. The average Bonchev–Trinajstić information content (AvgIpc) is 3.31. The van der Waals surface area contributed by atoms with Gasteiger partial charge in [-0.25, -0.2) is 4.79 Å². The topological polar surface area (TPSA) is 199 Å². The van der Waals surface area contributed by atoms with Gasteiger partial charge in [0, 0.05) is 52.0 Å². The van der Waals surface area contributed by atoms with Crippen LogP contribution in [0.15, 0.2) is 53.6 Å². The van der Waals surface area contributed by atoms with Crippen molar-refractivity contribution in [3.8, 4) is 0 Å². The average molecular weight is 926 g/mol. The number of aliphatic hydroxyl groups is 4. The Bertz CT molecular complexity index is 1850. The number of aliphatic hydroxyl groups excluding tert-OH is 2. The van der Waals surface area contributed by atoms with Gasteiger partial charge in [-0.3, -0.25) is 14.4 Å². The third-order valence-corrected chi connectivity index (χ3v) is 15.2. The number of carbonyl (C=O) groups excluding carboxylic acids is 4. The molecular formula is C52H79NO13. The molecule has 1 aromatic rings. The summed E-state index contributed by atoms with van der Waals surface area (Å²) in [5.74, 6) is -7.85. The minimum Gasteiger partial charge on any atom is -0.456 e. The number of methoxy groups -OCH3 is 3. The number of carbonyl (C=O) groups is 4. The molecule has 0 spiro atoms. The van der Waals surface area contributed by atoms with Crippen molar-refractivity contribution in [3.05, 3.63) is 59.2 Å². The van der Waals surface area contributed by atoms with E-state index in [9.17, 15) is 39.6 Å². The molecule has 66 heavy (non-hydrogen) atoms. The molecule has 0 aromatic heterocycles. The third kappa shape index (κ3) is 12.6. The van der Waals surface area contributed by atoms with Gasteiger partial charge in [0.1, 0.15) is 24.0 Å². The van der Waals surface area contributed by atoms with Crippen molar-refractivity contribution >= 4 is 23.4 Å². The lowest BCUT2D eigenvalue weighted by Gasteiger charge is -2.47. The first-order valence-electron chi connectivity index (χ1n) is 24.4. The van der Waals surface area contributed by atoms with E-state index < -0.39 is 95.6 Å². The van der Waals surface area contributed by atoms with Gasteiger partial charge >= 0.3 is 5.97 Å². The fourth-order valence-electron chi connectivity index (χ4n) is 11.0. The smallest absolute Gasteiger partial charge is 0.329 e. The molecule has 15 atom stereocenters. The van der Waals surface area contributed by atoms with E-state index in [0.717, 1.165) is 11.1 Å². The fourth-order valence-corrected chi connectivity index (χ4v) is 11.0. The number of cyclic esters (lactones) is 1. The summed E-state index contributed by atoms with van der Waals surface area (Å²) in [4.78, 5) is 58.4. The largest absolute Gasteiger partial charge is 0.456 e. The predicted molar refractivity (Wildman–Crippen MR) is 248 cm³/mol. The summed E-state index contributed by atoms with van der Waals surface area (Å²) >= 11 is 0. The number of benzene rings is 1. The van der Waals surface area contributed by atoms with Gasteiger partial charge in [-0.15, -0.1) is 0 Å². The number of ketones is 2. The first-order chi connectivity index (χ1) is 31.3. The molecule has 1 aliphatic carbocycles. The molecule has 4 N–H and O–H groups in total. The summed E-state index contributed by atoms with van der Waals surface area (Å²) in [6.07, 6.45) is 3.30. The van der Waals surface area contributed by atoms with Crippen LogP contribution in [0.2, 0.25) is 0 Å². The van der Waals surface area contributed by atoms with Crippen LogP contribution in [0.1, 0.15) is 137 Å². The first-order valence-corrected chi connectivity index (χ1v) is 24.4. The van der Waals surface area contributed by atoms with E-state index in [-0.39, 0.29) is 43.4 Å². The van der Waals surface area contributed by atoms with Gasteiger partial charge in [-0.05, 0) is 114 Å². The summed E-state index contributed by atoms with van der Waals surface area (Å²) in [5.41, 5.74) is 1.20. The standard InChI is InChI=1S/C52H79NO13/c1-10-37-25-31(2)24-32(3)26-43(62-7)47-44(63-8)28-34(5)52(61,66-47)48(57)49(58)53-23-15-14-18-39(53)50(59)65-46(35(6)41(55)30-42(37)56)33(4)27-36-19-21-51(60,45(29-36)64-9)22-20-40(54)38-16-12-11-13-17-38/h11-13,16-17,25,27,32,34-37,39-41,43-47,54-55,60-61H,10,14-15,18-24,26,28-30H2,1-9H3. The zero-order valence-electron chi connectivity index (χ0n) is 40.9. The Kier molecular flexibility index (Phi) is 19.3. The third-order valence-electron chi connectivity index (χ3n) is 15.2. The molecule has 14 heteroatoms. The van der Waals surface area contributed by atoms with Crippen LogP contribution in [0.25, 0.3) is 0 Å².